The van der Waals surface area contributed by atoms with E-state index in [1.54, 1.807) is 0 Å². The number of aromatic nitrogens is 3. The van der Waals surface area contributed by atoms with E-state index in [9.17, 15) is 4.79 Å². The predicted molar refractivity (Wildman–Crippen MR) is 172 cm³/mol. The number of amides is 1. The average molecular weight is 637 g/mol. The normalized spacial score (nSPS) is 22.7. The molecule has 0 aliphatic carbocycles. The standard InChI is InChI=1S/C34H45ClN6O4/c1-24-16-39(22-37-24)18-25-7-6-12-38(17-25)23-43-21-28-19-40(13-14-41(28)33(42)45-34(2,3)4)32-29-10-9-27(35)15-30(29)44-20-26-8-5-11-36-31(26)32/h5,8-11,15-16,22,25,28,32H,6-7,12-14,17-21,23H2,1-4H3/t25-,28-,32-/m1/s1. The first-order chi connectivity index (χ1) is 21.6. The van der Waals surface area contributed by atoms with Gasteiger partial charge in [0.15, 0.2) is 0 Å². The fraction of sp³-hybridized carbons (Fsp3) is 0.559. The molecule has 2 fully saturated rings. The maximum absolute atomic E-state index is 13.4. The van der Waals surface area contributed by atoms with E-state index in [4.69, 9.17) is 30.8 Å². The summed E-state index contributed by atoms with van der Waals surface area (Å²) in [5.74, 6) is 1.32. The highest BCUT2D eigenvalue weighted by molar-refractivity contribution is 6.30. The van der Waals surface area contributed by atoms with Crippen molar-refractivity contribution in [1.29, 1.82) is 0 Å². The lowest BCUT2D eigenvalue weighted by Crippen LogP contribution is -2.58. The van der Waals surface area contributed by atoms with E-state index in [0.29, 0.717) is 50.5 Å². The van der Waals surface area contributed by atoms with Crippen molar-refractivity contribution in [3.8, 4) is 5.75 Å². The highest BCUT2D eigenvalue weighted by Crippen LogP contribution is 2.40. The van der Waals surface area contributed by atoms with Crippen molar-refractivity contribution in [1.82, 2.24) is 29.2 Å². The van der Waals surface area contributed by atoms with Gasteiger partial charge in [0.2, 0.25) is 0 Å². The van der Waals surface area contributed by atoms with Gasteiger partial charge in [-0.05, 0) is 64.7 Å². The van der Waals surface area contributed by atoms with Crippen LogP contribution in [0.3, 0.4) is 0 Å². The Balaban J connectivity index is 1.18. The van der Waals surface area contributed by atoms with Gasteiger partial charge in [-0.3, -0.25) is 14.8 Å². The van der Waals surface area contributed by atoms with Crippen molar-refractivity contribution in [3.63, 3.8) is 0 Å². The second-order valence-corrected chi connectivity index (χ2v) is 14.0. The molecule has 1 amide bonds. The van der Waals surface area contributed by atoms with E-state index in [-0.39, 0.29) is 18.2 Å². The number of fused-ring (bicyclic) bond motifs is 2. The molecule has 0 N–H and O–H groups in total. The molecule has 3 aliphatic rings. The third-order valence-electron chi connectivity index (χ3n) is 8.76. The second-order valence-electron chi connectivity index (χ2n) is 13.5. The second kappa shape index (κ2) is 13.7. The lowest BCUT2D eigenvalue weighted by atomic mass is 9.96. The molecule has 0 spiro atoms. The van der Waals surface area contributed by atoms with Crippen LogP contribution in [0.25, 0.3) is 0 Å². The first-order valence-corrected chi connectivity index (χ1v) is 16.4. The Bertz CT molecular complexity index is 1470. The number of piperidine rings is 1. The monoisotopic (exact) mass is 636 g/mol. The van der Waals surface area contributed by atoms with E-state index in [1.807, 2.05) is 69.4 Å². The van der Waals surface area contributed by atoms with Gasteiger partial charge in [0.25, 0.3) is 0 Å². The number of likely N-dealkylation sites (tertiary alicyclic amines) is 1. The molecule has 1 aromatic carbocycles. The molecule has 3 aliphatic heterocycles. The minimum Gasteiger partial charge on any atom is -0.488 e. The molecule has 3 aromatic rings. The molecular formula is C34H45ClN6O4. The molecule has 2 aromatic heterocycles. The van der Waals surface area contributed by atoms with Crippen molar-refractivity contribution < 1.29 is 19.0 Å². The van der Waals surface area contributed by atoms with Crippen LogP contribution < -0.4 is 4.74 Å². The lowest BCUT2D eigenvalue weighted by molar-refractivity contribution is -0.0500. The highest BCUT2D eigenvalue weighted by Gasteiger charge is 2.39. The van der Waals surface area contributed by atoms with Crippen LogP contribution in [-0.2, 0) is 22.6 Å². The summed E-state index contributed by atoms with van der Waals surface area (Å²) in [5, 5.41) is 0.632. The number of carbonyl (C=O) groups is 1. The summed E-state index contributed by atoms with van der Waals surface area (Å²) >= 11 is 6.38. The van der Waals surface area contributed by atoms with Crippen LogP contribution in [0.1, 0.15) is 62.2 Å². The van der Waals surface area contributed by atoms with Crippen LogP contribution in [0, 0.1) is 12.8 Å². The van der Waals surface area contributed by atoms with Gasteiger partial charge in [-0.1, -0.05) is 23.7 Å². The Morgan fingerprint density at radius 1 is 1.13 bits per heavy atom. The predicted octanol–water partition coefficient (Wildman–Crippen LogP) is 5.53. The third-order valence-corrected chi connectivity index (χ3v) is 9.00. The minimum atomic E-state index is -0.587. The van der Waals surface area contributed by atoms with E-state index in [1.165, 1.54) is 6.42 Å². The van der Waals surface area contributed by atoms with Gasteiger partial charge >= 0.3 is 6.09 Å². The maximum atomic E-state index is 13.4. The number of nitrogens with zero attached hydrogens (tertiary/aromatic N) is 6. The van der Waals surface area contributed by atoms with E-state index >= 15 is 0 Å². The zero-order chi connectivity index (χ0) is 31.6. The molecule has 242 valence electrons. The van der Waals surface area contributed by atoms with Gasteiger partial charge in [0.1, 0.15) is 18.0 Å². The summed E-state index contributed by atoms with van der Waals surface area (Å²) in [6.07, 6.45) is 7.90. The van der Waals surface area contributed by atoms with Crippen molar-refractivity contribution in [2.75, 3.05) is 46.1 Å². The van der Waals surface area contributed by atoms with Gasteiger partial charge in [-0.15, -0.1) is 0 Å². The number of halogens is 1. The van der Waals surface area contributed by atoms with Crippen molar-refractivity contribution in [2.24, 2.45) is 5.92 Å². The summed E-state index contributed by atoms with van der Waals surface area (Å²) in [5.41, 5.74) is 3.49. The van der Waals surface area contributed by atoms with E-state index in [2.05, 4.69) is 31.6 Å². The Labute approximate surface area is 271 Å². The van der Waals surface area contributed by atoms with Crippen LogP contribution >= 0.6 is 11.6 Å². The van der Waals surface area contributed by atoms with Crippen molar-refractivity contribution in [3.05, 3.63) is 76.6 Å². The zero-order valence-electron chi connectivity index (χ0n) is 26.8. The smallest absolute Gasteiger partial charge is 0.410 e. The Morgan fingerprint density at radius 3 is 2.80 bits per heavy atom. The Morgan fingerprint density at radius 2 is 2.00 bits per heavy atom. The lowest BCUT2D eigenvalue weighted by Gasteiger charge is -2.44. The van der Waals surface area contributed by atoms with Crippen molar-refractivity contribution in [2.45, 2.75) is 71.4 Å². The average Bonchev–Trinajstić information content (AvgIpc) is 3.33. The molecule has 45 heavy (non-hydrogen) atoms. The van der Waals surface area contributed by atoms with E-state index in [0.717, 1.165) is 54.3 Å². The largest absolute Gasteiger partial charge is 0.488 e. The number of hydrogen-bond donors (Lipinski definition) is 0. The van der Waals surface area contributed by atoms with Crippen molar-refractivity contribution >= 4 is 17.7 Å². The molecule has 0 unspecified atom stereocenters. The zero-order valence-corrected chi connectivity index (χ0v) is 27.6. The van der Waals surface area contributed by atoms with E-state index < -0.39 is 5.60 Å². The van der Waals surface area contributed by atoms with Gasteiger partial charge < -0.3 is 23.7 Å². The molecule has 0 radical (unpaired) electrons. The van der Waals surface area contributed by atoms with Gasteiger partial charge in [-0.2, -0.15) is 0 Å². The number of piperazine rings is 1. The number of aryl methyl sites for hydroxylation is 1. The molecule has 3 atom stereocenters. The van der Waals surface area contributed by atoms with Crippen LogP contribution in [0.4, 0.5) is 4.79 Å². The molecule has 2 saturated heterocycles. The first-order valence-electron chi connectivity index (χ1n) is 16.0. The van der Waals surface area contributed by atoms with Crippen LogP contribution in [0.2, 0.25) is 5.02 Å². The molecule has 5 heterocycles. The fourth-order valence-corrected chi connectivity index (χ4v) is 6.94. The summed E-state index contributed by atoms with van der Waals surface area (Å²) in [4.78, 5) is 29.3. The first kappa shape index (κ1) is 31.8. The molecule has 11 heteroatoms. The SMILES string of the molecule is Cc1cn(C[C@@H]2CCCN(COC[C@H]3CN([C@@H]4c5ccc(Cl)cc5OCc5cccnc54)CCN3C(=O)OC(C)(C)C)C2)cn1. The Kier molecular flexibility index (Phi) is 9.65. The summed E-state index contributed by atoms with van der Waals surface area (Å²) < 4.78 is 20.7. The number of benzene rings is 1. The maximum Gasteiger partial charge on any atom is 0.410 e. The molecular weight excluding hydrogens is 592 g/mol. The summed E-state index contributed by atoms with van der Waals surface area (Å²) in [6.45, 7) is 13.8. The summed E-state index contributed by atoms with van der Waals surface area (Å²) in [7, 11) is 0. The number of hydrogen-bond acceptors (Lipinski definition) is 8. The third kappa shape index (κ3) is 7.80. The minimum absolute atomic E-state index is 0.145. The highest BCUT2D eigenvalue weighted by atomic mass is 35.5. The topological polar surface area (TPSA) is 85.2 Å². The number of rotatable bonds is 7. The van der Waals surface area contributed by atoms with Gasteiger partial charge in [-0.25, -0.2) is 9.78 Å². The quantitative estimate of drug-likeness (QED) is 0.335. The fourth-order valence-electron chi connectivity index (χ4n) is 6.77. The molecule has 0 saturated carbocycles. The van der Waals surface area contributed by atoms with Crippen LogP contribution in [-0.4, -0.2) is 93.0 Å². The number of ether oxygens (including phenoxy) is 3. The Hall–Kier alpha value is -3.18. The molecule has 6 rings (SSSR count). The van der Waals surface area contributed by atoms with Crippen LogP contribution in [0.5, 0.6) is 5.75 Å². The number of pyridine rings is 1. The molecule has 0 bridgehead atoms. The number of carbonyl (C=O) groups excluding carboxylic acids is 1. The number of imidazole rings is 1. The van der Waals surface area contributed by atoms with Gasteiger partial charge in [0, 0.05) is 67.8 Å². The molecule has 10 nitrogen and oxygen atoms in total. The summed E-state index contributed by atoms with van der Waals surface area (Å²) in [6, 6.07) is 9.50. The van der Waals surface area contributed by atoms with Gasteiger partial charge in [0.05, 0.1) is 43.1 Å². The van der Waals surface area contributed by atoms with Crippen LogP contribution in [0.15, 0.2) is 49.1 Å².